The Morgan fingerprint density at radius 2 is 0.980 bits per heavy atom. The average Bonchev–Trinajstić information content (AvgIpc) is 3.01. The highest BCUT2D eigenvalue weighted by Gasteiger charge is 2.42. The molecule has 5 aromatic rings. The monoisotopic (exact) mass is 728 g/mol. The van der Waals surface area contributed by atoms with Gasteiger partial charge >= 0.3 is 12.5 Å². The lowest BCUT2D eigenvalue weighted by molar-refractivity contribution is -0.275. The summed E-state index contributed by atoms with van der Waals surface area (Å²) in [5.74, 6) is -14.0. The van der Waals surface area contributed by atoms with Crippen LogP contribution in [-0.4, -0.2) is 6.36 Å². The summed E-state index contributed by atoms with van der Waals surface area (Å²) < 4.78 is 179. The Balaban J connectivity index is 1.41. The lowest BCUT2D eigenvalue weighted by atomic mass is 9.95. The number of rotatable bonds is 11. The first-order valence-corrected chi connectivity index (χ1v) is 15.2. The number of aryl methyl sites for hydroxylation is 1. The molecule has 0 saturated heterocycles. The smallest absolute Gasteiger partial charge is 0.429 e. The highest BCUT2D eigenvalue weighted by molar-refractivity contribution is 5.75. The molecule has 0 aliphatic carbocycles. The van der Waals surface area contributed by atoms with Crippen molar-refractivity contribution in [1.29, 1.82) is 0 Å². The van der Waals surface area contributed by atoms with E-state index in [1.165, 1.54) is 0 Å². The van der Waals surface area contributed by atoms with Crippen molar-refractivity contribution in [1.82, 2.24) is 0 Å². The van der Waals surface area contributed by atoms with E-state index in [9.17, 15) is 35.1 Å². The fourth-order valence-electron chi connectivity index (χ4n) is 5.40. The summed E-state index contributed by atoms with van der Waals surface area (Å²) in [6.45, 7) is 2.07. The molecule has 268 valence electrons. The standard InChI is InChI=1S/C37H24F12O2/c1-2-3-4-5-19-6-8-20(9-7-19)21-12-26(39)33(27(40)13-21)22-14-28(41)34(29(42)15-22)23-16-30(43)35(31(44)17-23)36(45,46)50-24-10-11-32(25(38)18-24)51-37(47,48)49/h6-18H,2-5H2,1H3. The van der Waals surface area contributed by atoms with E-state index in [0.717, 1.165) is 43.4 Å². The molecular formula is C37H24F12O2. The van der Waals surface area contributed by atoms with Crippen LogP contribution in [0, 0.1) is 40.7 Å². The van der Waals surface area contributed by atoms with Crippen LogP contribution in [0.5, 0.6) is 11.5 Å². The third-order valence-electron chi connectivity index (χ3n) is 7.73. The third kappa shape index (κ3) is 8.43. The predicted molar refractivity (Wildman–Crippen MR) is 163 cm³/mol. The molecule has 0 aliphatic heterocycles. The number of benzene rings is 5. The lowest BCUT2D eigenvalue weighted by Gasteiger charge is -2.20. The van der Waals surface area contributed by atoms with Crippen LogP contribution in [0.25, 0.3) is 33.4 Å². The largest absolute Gasteiger partial charge is 0.573 e. The second-order valence-corrected chi connectivity index (χ2v) is 11.4. The highest BCUT2D eigenvalue weighted by atomic mass is 19.4. The molecule has 0 N–H and O–H groups in total. The van der Waals surface area contributed by atoms with Gasteiger partial charge in [0.2, 0.25) is 0 Å². The van der Waals surface area contributed by atoms with Crippen LogP contribution >= 0.6 is 0 Å². The fourth-order valence-corrected chi connectivity index (χ4v) is 5.40. The van der Waals surface area contributed by atoms with Gasteiger partial charge < -0.3 is 9.47 Å². The van der Waals surface area contributed by atoms with Gasteiger partial charge in [0.15, 0.2) is 11.6 Å². The van der Waals surface area contributed by atoms with Crippen molar-refractivity contribution in [3.8, 4) is 44.9 Å². The zero-order chi connectivity index (χ0) is 37.2. The van der Waals surface area contributed by atoms with Gasteiger partial charge in [0.05, 0.1) is 11.1 Å². The van der Waals surface area contributed by atoms with Gasteiger partial charge in [-0.05, 0) is 89.2 Å². The maximum atomic E-state index is 15.3. The molecular weight excluding hydrogens is 704 g/mol. The number of unbranched alkanes of at least 4 members (excludes halogenated alkanes) is 2. The molecule has 0 radical (unpaired) electrons. The average molecular weight is 729 g/mol. The van der Waals surface area contributed by atoms with Gasteiger partial charge in [-0.25, -0.2) is 30.7 Å². The van der Waals surface area contributed by atoms with Crippen LogP contribution < -0.4 is 9.47 Å². The second-order valence-electron chi connectivity index (χ2n) is 11.4. The van der Waals surface area contributed by atoms with Crippen LogP contribution in [0.15, 0.2) is 78.9 Å². The lowest BCUT2D eigenvalue weighted by Crippen LogP contribution is -2.25. The summed E-state index contributed by atoms with van der Waals surface area (Å²) in [4.78, 5) is 0. The molecule has 14 heteroatoms. The van der Waals surface area contributed by atoms with Crippen molar-refractivity contribution in [3.63, 3.8) is 0 Å². The minimum atomic E-state index is -5.32. The molecule has 0 saturated carbocycles. The molecule has 5 rings (SSSR count). The number of hydrogen-bond donors (Lipinski definition) is 0. The van der Waals surface area contributed by atoms with Gasteiger partial charge in [-0.1, -0.05) is 44.0 Å². The molecule has 0 aromatic heterocycles. The van der Waals surface area contributed by atoms with Crippen LogP contribution in [0.3, 0.4) is 0 Å². The van der Waals surface area contributed by atoms with Crippen LogP contribution in [0.4, 0.5) is 52.7 Å². The van der Waals surface area contributed by atoms with E-state index in [2.05, 4.69) is 16.4 Å². The van der Waals surface area contributed by atoms with Crippen molar-refractivity contribution in [2.24, 2.45) is 0 Å². The first-order chi connectivity index (χ1) is 24.0. The predicted octanol–water partition coefficient (Wildman–Crippen LogP) is 12.4. The van der Waals surface area contributed by atoms with Gasteiger partial charge in [-0.15, -0.1) is 13.2 Å². The Morgan fingerprint density at radius 1 is 0.490 bits per heavy atom. The molecule has 51 heavy (non-hydrogen) atoms. The molecule has 0 unspecified atom stereocenters. The molecule has 0 atom stereocenters. The minimum Gasteiger partial charge on any atom is -0.429 e. The normalized spacial score (nSPS) is 11.9. The third-order valence-corrected chi connectivity index (χ3v) is 7.73. The maximum absolute atomic E-state index is 15.3. The highest BCUT2D eigenvalue weighted by Crippen LogP contribution is 2.40. The molecule has 0 amide bonds. The van der Waals surface area contributed by atoms with Crippen molar-refractivity contribution in [2.75, 3.05) is 0 Å². The minimum absolute atomic E-state index is 0.0389. The van der Waals surface area contributed by atoms with Crippen molar-refractivity contribution >= 4 is 0 Å². The fraction of sp³-hybridized carbons (Fsp3) is 0.189. The van der Waals surface area contributed by atoms with Gasteiger partial charge in [-0.2, -0.15) is 8.78 Å². The molecule has 5 aromatic carbocycles. The van der Waals surface area contributed by atoms with Crippen molar-refractivity contribution in [2.45, 2.75) is 45.1 Å². The summed E-state index contributed by atoms with van der Waals surface area (Å²) in [6, 6.07) is 10.9. The summed E-state index contributed by atoms with van der Waals surface area (Å²) in [6.07, 6.45) is -6.33. The van der Waals surface area contributed by atoms with Crippen molar-refractivity contribution < 1.29 is 62.2 Å². The van der Waals surface area contributed by atoms with Gasteiger partial charge in [0, 0.05) is 6.07 Å². The van der Waals surface area contributed by atoms with E-state index in [0.29, 0.717) is 23.8 Å². The van der Waals surface area contributed by atoms with Crippen LogP contribution in [0.2, 0.25) is 0 Å². The van der Waals surface area contributed by atoms with E-state index in [1.807, 2.05) is 12.1 Å². The van der Waals surface area contributed by atoms with E-state index >= 15 is 17.6 Å². The Bertz CT molecular complexity index is 1990. The number of halogens is 12. The van der Waals surface area contributed by atoms with E-state index in [4.69, 9.17) is 0 Å². The van der Waals surface area contributed by atoms with Gasteiger partial charge in [0.25, 0.3) is 0 Å². The second kappa shape index (κ2) is 14.6. The Morgan fingerprint density at radius 3 is 1.45 bits per heavy atom. The van der Waals surface area contributed by atoms with Crippen molar-refractivity contribution in [3.05, 3.63) is 131 Å². The van der Waals surface area contributed by atoms with Gasteiger partial charge in [0.1, 0.15) is 46.2 Å². The molecule has 0 spiro atoms. The number of hydrogen-bond acceptors (Lipinski definition) is 2. The number of alkyl halides is 5. The van der Waals surface area contributed by atoms with Crippen LogP contribution in [-0.2, 0) is 12.5 Å². The SMILES string of the molecule is CCCCCc1ccc(-c2cc(F)c(-c3cc(F)c(-c4cc(F)c(C(F)(F)Oc5ccc(OC(F)(F)F)c(F)c5)c(F)c4)c(F)c3)c(F)c2)cc1. The molecule has 0 heterocycles. The Labute approximate surface area is 282 Å². The van der Waals surface area contributed by atoms with Crippen LogP contribution in [0.1, 0.15) is 37.3 Å². The first-order valence-electron chi connectivity index (χ1n) is 15.2. The molecule has 0 bridgehead atoms. The van der Waals surface area contributed by atoms with E-state index in [1.54, 1.807) is 12.1 Å². The van der Waals surface area contributed by atoms with Gasteiger partial charge in [-0.3, -0.25) is 0 Å². The maximum Gasteiger partial charge on any atom is 0.573 e. The summed E-state index contributed by atoms with van der Waals surface area (Å²) >= 11 is 0. The van der Waals surface area contributed by atoms with E-state index < -0.39 is 92.5 Å². The zero-order valence-corrected chi connectivity index (χ0v) is 26.2. The molecule has 0 fully saturated rings. The molecule has 2 nitrogen and oxygen atoms in total. The Kier molecular flexibility index (Phi) is 10.6. The number of ether oxygens (including phenoxy) is 2. The first kappa shape index (κ1) is 37.1. The zero-order valence-electron chi connectivity index (χ0n) is 26.2. The van der Waals surface area contributed by atoms with E-state index in [-0.39, 0.29) is 29.8 Å². The summed E-state index contributed by atoms with van der Waals surface area (Å²) in [5, 5.41) is 0. The Hall–Kier alpha value is -5.14. The topological polar surface area (TPSA) is 18.5 Å². The molecule has 0 aliphatic rings. The summed E-state index contributed by atoms with van der Waals surface area (Å²) in [5.41, 5.74) is -3.90. The quantitative estimate of drug-likeness (QED) is 0.0996. The summed E-state index contributed by atoms with van der Waals surface area (Å²) in [7, 11) is 0.